The fourth-order valence-corrected chi connectivity index (χ4v) is 2.46. The standard InChI is InChI=1S/C21H16N4O6/c1-30-19-11-14(4-9-18(19)31-21(27)16-3-2-10-22-13-16)12-23-24-20(26)15-5-7-17(8-6-15)25(28)29/h2-13H,1H3,(H,24,26). The van der Waals surface area contributed by atoms with Crippen molar-refractivity contribution in [1.82, 2.24) is 10.4 Å². The van der Waals surface area contributed by atoms with E-state index in [4.69, 9.17) is 9.47 Å². The maximum Gasteiger partial charge on any atom is 0.345 e. The number of non-ortho nitro benzene ring substituents is 1. The number of nitro benzene ring substituents is 1. The van der Waals surface area contributed by atoms with E-state index in [2.05, 4.69) is 15.5 Å². The first-order chi connectivity index (χ1) is 15.0. The summed E-state index contributed by atoms with van der Waals surface area (Å²) >= 11 is 0. The Hall–Kier alpha value is -4.60. The fourth-order valence-electron chi connectivity index (χ4n) is 2.46. The van der Waals surface area contributed by atoms with Crippen LogP contribution in [0.25, 0.3) is 0 Å². The van der Waals surface area contributed by atoms with Gasteiger partial charge in [0.2, 0.25) is 0 Å². The van der Waals surface area contributed by atoms with Crippen molar-refractivity contribution in [2.45, 2.75) is 0 Å². The second-order valence-electron chi connectivity index (χ2n) is 6.04. The molecule has 3 rings (SSSR count). The van der Waals surface area contributed by atoms with E-state index in [-0.39, 0.29) is 17.0 Å². The van der Waals surface area contributed by atoms with Crippen LogP contribution in [0.15, 0.2) is 72.1 Å². The molecule has 0 aliphatic rings. The average Bonchev–Trinajstić information content (AvgIpc) is 2.80. The van der Waals surface area contributed by atoms with Gasteiger partial charge in [0.15, 0.2) is 11.5 Å². The molecule has 0 aliphatic carbocycles. The molecule has 10 nitrogen and oxygen atoms in total. The molecule has 0 radical (unpaired) electrons. The number of aromatic nitrogens is 1. The van der Waals surface area contributed by atoms with Crippen LogP contribution in [-0.4, -0.2) is 35.1 Å². The summed E-state index contributed by atoms with van der Waals surface area (Å²) in [5, 5.41) is 14.5. The van der Waals surface area contributed by atoms with Gasteiger partial charge in [-0.2, -0.15) is 5.10 Å². The number of nitrogens with zero attached hydrogens (tertiary/aromatic N) is 3. The van der Waals surface area contributed by atoms with Gasteiger partial charge in [-0.3, -0.25) is 19.9 Å². The summed E-state index contributed by atoms with van der Waals surface area (Å²) in [4.78, 5) is 38.2. The van der Waals surface area contributed by atoms with Crippen molar-refractivity contribution in [3.8, 4) is 11.5 Å². The van der Waals surface area contributed by atoms with Crippen molar-refractivity contribution in [3.63, 3.8) is 0 Å². The van der Waals surface area contributed by atoms with Gasteiger partial charge in [0.25, 0.3) is 11.6 Å². The number of hydrogen-bond donors (Lipinski definition) is 1. The second-order valence-corrected chi connectivity index (χ2v) is 6.04. The van der Waals surface area contributed by atoms with Gasteiger partial charge in [0.1, 0.15) is 0 Å². The summed E-state index contributed by atoms with van der Waals surface area (Å²) in [7, 11) is 1.42. The molecule has 0 fully saturated rings. The van der Waals surface area contributed by atoms with Gasteiger partial charge in [0.05, 0.1) is 23.8 Å². The smallest absolute Gasteiger partial charge is 0.345 e. The molecule has 0 aliphatic heterocycles. The highest BCUT2D eigenvalue weighted by Gasteiger charge is 2.13. The molecule has 1 N–H and O–H groups in total. The number of esters is 1. The Kier molecular flexibility index (Phi) is 6.64. The van der Waals surface area contributed by atoms with Crippen molar-refractivity contribution >= 4 is 23.8 Å². The summed E-state index contributed by atoms with van der Waals surface area (Å²) in [6.07, 6.45) is 4.31. The van der Waals surface area contributed by atoms with E-state index in [1.807, 2.05) is 0 Å². The van der Waals surface area contributed by atoms with E-state index in [0.29, 0.717) is 16.9 Å². The number of rotatable bonds is 7. The number of hydrogen-bond acceptors (Lipinski definition) is 8. The zero-order valence-corrected chi connectivity index (χ0v) is 16.2. The third-order valence-electron chi connectivity index (χ3n) is 4.01. The van der Waals surface area contributed by atoms with E-state index in [0.717, 1.165) is 0 Å². The van der Waals surface area contributed by atoms with Crippen LogP contribution < -0.4 is 14.9 Å². The predicted octanol–water partition coefficient (Wildman–Crippen LogP) is 2.98. The molecule has 0 saturated heterocycles. The maximum atomic E-state index is 12.2. The number of carbonyl (C=O) groups is 2. The van der Waals surface area contributed by atoms with Crippen LogP contribution in [0.3, 0.4) is 0 Å². The van der Waals surface area contributed by atoms with Gasteiger partial charge in [-0.25, -0.2) is 10.2 Å². The molecule has 156 valence electrons. The number of methoxy groups -OCH3 is 1. The van der Waals surface area contributed by atoms with Crippen LogP contribution in [0.2, 0.25) is 0 Å². The van der Waals surface area contributed by atoms with Crippen LogP contribution in [0, 0.1) is 10.1 Å². The number of carbonyl (C=O) groups excluding carboxylic acids is 2. The summed E-state index contributed by atoms with van der Waals surface area (Å²) < 4.78 is 10.6. The molecule has 1 aromatic heterocycles. The molecule has 0 spiro atoms. The molecule has 0 saturated carbocycles. The van der Waals surface area contributed by atoms with Gasteiger partial charge in [-0.15, -0.1) is 0 Å². The van der Waals surface area contributed by atoms with Gasteiger partial charge in [-0.05, 0) is 48.0 Å². The van der Waals surface area contributed by atoms with Crippen LogP contribution in [-0.2, 0) is 0 Å². The lowest BCUT2D eigenvalue weighted by Crippen LogP contribution is -2.17. The molecule has 10 heteroatoms. The Bertz CT molecular complexity index is 1130. The number of ether oxygens (including phenoxy) is 2. The van der Waals surface area contributed by atoms with Crippen LogP contribution >= 0.6 is 0 Å². The van der Waals surface area contributed by atoms with E-state index in [1.54, 1.807) is 30.5 Å². The maximum absolute atomic E-state index is 12.2. The van der Waals surface area contributed by atoms with Gasteiger partial charge in [0, 0.05) is 30.1 Å². The van der Waals surface area contributed by atoms with E-state index in [9.17, 15) is 19.7 Å². The molecule has 3 aromatic rings. The Balaban J connectivity index is 1.65. The minimum atomic E-state index is -0.580. The van der Waals surface area contributed by atoms with E-state index >= 15 is 0 Å². The number of amides is 1. The van der Waals surface area contributed by atoms with Crippen LogP contribution in [0.5, 0.6) is 11.5 Å². The SMILES string of the molecule is COc1cc(C=NNC(=O)c2ccc([N+](=O)[O-])cc2)ccc1OC(=O)c1cccnc1. The lowest BCUT2D eigenvalue weighted by Gasteiger charge is -2.09. The summed E-state index contributed by atoms with van der Waals surface area (Å²) in [5.41, 5.74) is 3.30. The molecule has 31 heavy (non-hydrogen) atoms. The highest BCUT2D eigenvalue weighted by Crippen LogP contribution is 2.28. The number of pyridine rings is 1. The quantitative estimate of drug-likeness (QED) is 0.204. The first-order valence-corrected chi connectivity index (χ1v) is 8.86. The molecule has 2 aromatic carbocycles. The minimum absolute atomic E-state index is 0.114. The molecule has 0 bridgehead atoms. The summed E-state index contributed by atoms with van der Waals surface area (Å²) in [6, 6.07) is 13.1. The lowest BCUT2D eigenvalue weighted by atomic mass is 10.2. The Labute approximate surface area is 176 Å². The molecule has 1 heterocycles. The van der Waals surface area contributed by atoms with Crippen molar-refractivity contribution in [1.29, 1.82) is 0 Å². The van der Waals surface area contributed by atoms with Gasteiger partial charge < -0.3 is 9.47 Å². The minimum Gasteiger partial charge on any atom is -0.493 e. The second kappa shape index (κ2) is 9.74. The average molecular weight is 420 g/mol. The third-order valence-corrected chi connectivity index (χ3v) is 4.01. The topological polar surface area (TPSA) is 133 Å². The third kappa shape index (κ3) is 5.48. The largest absolute Gasteiger partial charge is 0.493 e. The molecule has 0 unspecified atom stereocenters. The normalized spacial score (nSPS) is 10.5. The van der Waals surface area contributed by atoms with E-state index in [1.165, 1.54) is 49.9 Å². The lowest BCUT2D eigenvalue weighted by molar-refractivity contribution is -0.384. The van der Waals surface area contributed by atoms with Crippen molar-refractivity contribution in [3.05, 3.63) is 93.8 Å². The Morgan fingerprint density at radius 2 is 1.87 bits per heavy atom. The predicted molar refractivity (Wildman–Crippen MR) is 110 cm³/mol. The summed E-state index contributed by atoms with van der Waals surface area (Å²) in [5.74, 6) is -0.602. The van der Waals surface area contributed by atoms with Crippen molar-refractivity contribution < 1.29 is 24.0 Å². The van der Waals surface area contributed by atoms with Gasteiger partial charge in [-0.1, -0.05) is 0 Å². The number of nitrogens with one attached hydrogen (secondary N) is 1. The molecule has 0 atom stereocenters. The van der Waals surface area contributed by atoms with Crippen LogP contribution in [0.4, 0.5) is 5.69 Å². The zero-order chi connectivity index (χ0) is 22.2. The molecular weight excluding hydrogens is 404 g/mol. The van der Waals surface area contributed by atoms with Gasteiger partial charge >= 0.3 is 5.97 Å². The zero-order valence-electron chi connectivity index (χ0n) is 16.2. The van der Waals surface area contributed by atoms with E-state index < -0.39 is 16.8 Å². The first kappa shape index (κ1) is 21.1. The summed E-state index contributed by atoms with van der Waals surface area (Å²) in [6.45, 7) is 0. The number of benzene rings is 2. The van der Waals surface area contributed by atoms with Crippen molar-refractivity contribution in [2.75, 3.05) is 7.11 Å². The highest BCUT2D eigenvalue weighted by molar-refractivity contribution is 5.95. The number of nitro groups is 1. The Morgan fingerprint density at radius 3 is 2.52 bits per heavy atom. The fraction of sp³-hybridized carbons (Fsp3) is 0.0476. The molecule has 1 amide bonds. The highest BCUT2D eigenvalue weighted by atomic mass is 16.6. The number of hydrazone groups is 1. The monoisotopic (exact) mass is 420 g/mol. The Morgan fingerprint density at radius 1 is 1.10 bits per heavy atom. The molecular formula is C21H16N4O6. The first-order valence-electron chi connectivity index (χ1n) is 8.86. The van der Waals surface area contributed by atoms with Crippen molar-refractivity contribution in [2.24, 2.45) is 5.10 Å². The van der Waals surface area contributed by atoms with Crippen LogP contribution in [0.1, 0.15) is 26.3 Å².